The number of carboxylic acid groups (broad SMARTS) is 1. The first kappa shape index (κ1) is 15.4. The minimum Gasteiger partial charge on any atom is -0.481 e. The van der Waals surface area contributed by atoms with E-state index in [2.05, 4.69) is 5.32 Å². The van der Waals surface area contributed by atoms with E-state index in [0.717, 1.165) is 30.5 Å². The van der Waals surface area contributed by atoms with E-state index in [1.807, 2.05) is 13.0 Å². The molecule has 1 aliphatic rings. The number of anilines is 1. The summed E-state index contributed by atoms with van der Waals surface area (Å²) < 4.78 is 0. The van der Waals surface area contributed by atoms with Crippen LogP contribution in [0.15, 0.2) is 18.2 Å². The molecule has 0 bridgehead atoms. The lowest BCUT2D eigenvalue weighted by molar-refractivity contribution is -0.150. The van der Waals surface area contributed by atoms with Gasteiger partial charge < -0.3 is 16.2 Å². The topological polar surface area (TPSA) is 92.4 Å². The van der Waals surface area contributed by atoms with E-state index in [1.54, 1.807) is 19.1 Å². The van der Waals surface area contributed by atoms with Crippen LogP contribution in [0, 0.1) is 12.3 Å². The third kappa shape index (κ3) is 3.01. The number of carboxylic acids is 1. The van der Waals surface area contributed by atoms with Gasteiger partial charge in [-0.3, -0.25) is 9.59 Å². The number of hydrogen-bond donors (Lipinski definition) is 3. The number of primary amides is 1. The fourth-order valence-electron chi connectivity index (χ4n) is 3.05. The van der Waals surface area contributed by atoms with Gasteiger partial charge in [0.2, 0.25) is 5.91 Å². The van der Waals surface area contributed by atoms with Crippen LogP contribution in [0.25, 0.3) is 0 Å². The van der Waals surface area contributed by atoms with Crippen molar-refractivity contribution in [3.8, 4) is 0 Å². The molecule has 5 heteroatoms. The normalized spacial score (nSPS) is 25.3. The highest BCUT2D eigenvalue weighted by atomic mass is 16.4. The number of hydrogen-bond acceptors (Lipinski definition) is 3. The van der Waals surface area contributed by atoms with Gasteiger partial charge in [-0.05, 0) is 50.5 Å². The first-order valence-corrected chi connectivity index (χ1v) is 7.25. The van der Waals surface area contributed by atoms with Crippen molar-refractivity contribution in [2.45, 2.75) is 45.6 Å². The fourth-order valence-corrected chi connectivity index (χ4v) is 3.05. The minimum atomic E-state index is -0.759. The number of benzene rings is 1. The lowest BCUT2D eigenvalue weighted by Gasteiger charge is -2.39. The van der Waals surface area contributed by atoms with Gasteiger partial charge in [-0.2, -0.15) is 0 Å². The maximum atomic E-state index is 11.6. The van der Waals surface area contributed by atoms with Crippen molar-refractivity contribution in [2.75, 3.05) is 5.32 Å². The van der Waals surface area contributed by atoms with E-state index < -0.39 is 17.3 Å². The van der Waals surface area contributed by atoms with Crippen molar-refractivity contribution < 1.29 is 14.7 Å². The summed E-state index contributed by atoms with van der Waals surface area (Å²) in [4.78, 5) is 22.8. The van der Waals surface area contributed by atoms with Crippen LogP contribution < -0.4 is 11.1 Å². The molecular formula is C16H22N2O3. The Kier molecular flexibility index (Phi) is 4.21. The van der Waals surface area contributed by atoms with Gasteiger partial charge in [0, 0.05) is 17.3 Å². The molecule has 1 fully saturated rings. The highest BCUT2D eigenvalue weighted by Gasteiger charge is 2.43. The van der Waals surface area contributed by atoms with E-state index in [0.29, 0.717) is 12.0 Å². The molecule has 114 valence electrons. The lowest BCUT2D eigenvalue weighted by atomic mass is 9.71. The van der Waals surface area contributed by atoms with Crippen LogP contribution in [0.2, 0.25) is 0 Å². The molecule has 1 aromatic carbocycles. The zero-order valence-electron chi connectivity index (χ0n) is 12.5. The molecule has 0 spiro atoms. The molecule has 0 saturated heterocycles. The summed E-state index contributed by atoms with van der Waals surface area (Å²) in [5, 5.41) is 12.8. The molecule has 21 heavy (non-hydrogen) atoms. The number of amides is 1. The van der Waals surface area contributed by atoms with Gasteiger partial charge in [0.05, 0.1) is 5.41 Å². The maximum Gasteiger partial charge on any atom is 0.311 e. The number of carbonyl (C=O) groups is 2. The molecule has 1 saturated carbocycles. The zero-order valence-corrected chi connectivity index (χ0v) is 12.5. The molecular weight excluding hydrogens is 268 g/mol. The Morgan fingerprint density at radius 1 is 1.38 bits per heavy atom. The van der Waals surface area contributed by atoms with Crippen molar-refractivity contribution >= 4 is 17.6 Å². The van der Waals surface area contributed by atoms with Crippen LogP contribution in [0.3, 0.4) is 0 Å². The summed E-state index contributed by atoms with van der Waals surface area (Å²) in [5.41, 5.74) is 6.65. The Bertz CT molecular complexity index is 571. The van der Waals surface area contributed by atoms with Gasteiger partial charge in [-0.15, -0.1) is 0 Å². The van der Waals surface area contributed by atoms with Crippen LogP contribution in [0.4, 0.5) is 5.69 Å². The van der Waals surface area contributed by atoms with E-state index in [-0.39, 0.29) is 6.04 Å². The molecule has 1 aliphatic carbocycles. The molecule has 0 aliphatic heterocycles. The summed E-state index contributed by atoms with van der Waals surface area (Å²) >= 11 is 0. The Morgan fingerprint density at radius 2 is 2.10 bits per heavy atom. The molecule has 2 atom stereocenters. The van der Waals surface area contributed by atoms with Crippen molar-refractivity contribution in [1.82, 2.24) is 0 Å². The predicted octanol–water partition coefficient (Wildman–Crippen LogP) is 2.54. The number of carbonyl (C=O) groups excluding carboxylic acids is 1. The molecule has 1 amide bonds. The first-order chi connectivity index (χ1) is 9.84. The highest BCUT2D eigenvalue weighted by molar-refractivity contribution is 5.94. The van der Waals surface area contributed by atoms with Crippen molar-refractivity contribution in [3.05, 3.63) is 29.3 Å². The van der Waals surface area contributed by atoms with Gasteiger partial charge in [-0.1, -0.05) is 12.8 Å². The minimum absolute atomic E-state index is 0.109. The maximum absolute atomic E-state index is 11.6. The van der Waals surface area contributed by atoms with Gasteiger partial charge in [-0.25, -0.2) is 0 Å². The molecule has 0 radical (unpaired) electrons. The molecule has 2 unspecified atom stereocenters. The summed E-state index contributed by atoms with van der Waals surface area (Å²) in [6.07, 6.45) is 3.48. The lowest BCUT2D eigenvalue weighted by Crippen LogP contribution is -2.46. The van der Waals surface area contributed by atoms with Crippen LogP contribution in [0.5, 0.6) is 0 Å². The van der Waals surface area contributed by atoms with E-state index >= 15 is 0 Å². The number of nitrogens with two attached hydrogens (primary N) is 1. The monoisotopic (exact) mass is 290 g/mol. The molecule has 1 aromatic rings. The van der Waals surface area contributed by atoms with Crippen LogP contribution in [-0.4, -0.2) is 23.0 Å². The molecule has 0 heterocycles. The molecule has 2 rings (SSSR count). The second-order valence-corrected chi connectivity index (χ2v) is 6.06. The van der Waals surface area contributed by atoms with Gasteiger partial charge in [0.15, 0.2) is 0 Å². The number of nitrogens with one attached hydrogen (secondary N) is 1. The predicted molar refractivity (Wildman–Crippen MR) is 81.3 cm³/mol. The average molecular weight is 290 g/mol. The summed E-state index contributed by atoms with van der Waals surface area (Å²) in [7, 11) is 0. The second kappa shape index (κ2) is 5.76. The Balaban J connectivity index is 2.22. The third-order valence-corrected chi connectivity index (χ3v) is 4.53. The highest BCUT2D eigenvalue weighted by Crippen LogP contribution is 2.38. The SMILES string of the molecule is Cc1cc(NC2CCCCC2(C)C(=O)O)ccc1C(N)=O. The van der Waals surface area contributed by atoms with Crippen molar-refractivity contribution in [1.29, 1.82) is 0 Å². The fraction of sp³-hybridized carbons (Fsp3) is 0.500. The Hall–Kier alpha value is -2.04. The number of rotatable bonds is 4. The van der Waals surface area contributed by atoms with E-state index in [4.69, 9.17) is 5.73 Å². The quantitative estimate of drug-likeness (QED) is 0.794. The average Bonchev–Trinajstić information content (AvgIpc) is 2.41. The van der Waals surface area contributed by atoms with Crippen molar-refractivity contribution in [3.63, 3.8) is 0 Å². The second-order valence-electron chi connectivity index (χ2n) is 6.06. The first-order valence-electron chi connectivity index (χ1n) is 7.25. The van der Waals surface area contributed by atoms with Crippen LogP contribution >= 0.6 is 0 Å². The Morgan fingerprint density at radius 3 is 2.67 bits per heavy atom. The van der Waals surface area contributed by atoms with E-state index in [1.165, 1.54) is 0 Å². The molecule has 0 aromatic heterocycles. The van der Waals surface area contributed by atoms with Gasteiger partial charge in [0.1, 0.15) is 0 Å². The largest absolute Gasteiger partial charge is 0.481 e. The van der Waals surface area contributed by atoms with E-state index in [9.17, 15) is 14.7 Å². The Labute approximate surface area is 124 Å². The smallest absolute Gasteiger partial charge is 0.311 e. The summed E-state index contributed by atoms with van der Waals surface area (Å²) in [6.45, 7) is 3.62. The van der Waals surface area contributed by atoms with Gasteiger partial charge in [0.25, 0.3) is 0 Å². The number of aryl methyl sites for hydroxylation is 1. The van der Waals surface area contributed by atoms with Gasteiger partial charge >= 0.3 is 5.97 Å². The molecule has 4 N–H and O–H groups in total. The summed E-state index contributed by atoms with van der Waals surface area (Å²) in [6, 6.07) is 5.20. The van der Waals surface area contributed by atoms with Crippen LogP contribution in [0.1, 0.15) is 48.5 Å². The van der Waals surface area contributed by atoms with Crippen molar-refractivity contribution in [2.24, 2.45) is 11.1 Å². The number of aliphatic carboxylic acids is 1. The van der Waals surface area contributed by atoms with Crippen LogP contribution in [-0.2, 0) is 4.79 Å². The molecule has 5 nitrogen and oxygen atoms in total. The third-order valence-electron chi connectivity index (χ3n) is 4.53. The summed E-state index contributed by atoms with van der Waals surface area (Å²) in [5.74, 6) is -1.21. The zero-order chi connectivity index (χ0) is 15.6. The standard InChI is InChI=1S/C16H22N2O3/c1-10-9-11(6-7-12(10)14(17)19)18-13-5-3-4-8-16(13,2)15(20)21/h6-7,9,13,18H,3-5,8H2,1-2H3,(H2,17,19)(H,20,21).